The van der Waals surface area contributed by atoms with Crippen LogP contribution in [0.5, 0.6) is 0 Å². The van der Waals surface area contributed by atoms with E-state index in [1.807, 2.05) is 6.20 Å². The molecule has 2 aliphatic rings. The van der Waals surface area contributed by atoms with Crippen molar-refractivity contribution in [2.45, 2.75) is 50.2 Å². The van der Waals surface area contributed by atoms with Crippen LogP contribution in [0.25, 0.3) is 0 Å². The van der Waals surface area contributed by atoms with Gasteiger partial charge >= 0.3 is 0 Å². The Morgan fingerprint density at radius 2 is 1.93 bits per heavy atom. The zero-order valence-electron chi connectivity index (χ0n) is 15.5. The van der Waals surface area contributed by atoms with Gasteiger partial charge in [0, 0.05) is 61.7 Å². The average molecular weight is 415 g/mol. The van der Waals surface area contributed by atoms with Crippen LogP contribution >= 0.6 is 24.8 Å². The summed E-state index contributed by atoms with van der Waals surface area (Å²) in [6, 6.07) is 4.56. The quantitative estimate of drug-likeness (QED) is 0.780. The molecule has 1 aliphatic heterocycles. The number of methoxy groups -OCH3 is 1. The molecule has 4 rings (SSSR count). The summed E-state index contributed by atoms with van der Waals surface area (Å²) >= 11 is 0. The van der Waals surface area contributed by atoms with Crippen LogP contribution in [0.3, 0.4) is 0 Å². The maximum absolute atomic E-state index is 5.96. The molecule has 1 saturated heterocycles. The molecule has 0 amide bonds. The minimum Gasteiger partial charge on any atom is -0.377 e. The molecule has 7 nitrogen and oxygen atoms in total. The van der Waals surface area contributed by atoms with Crippen LogP contribution in [0.4, 0.5) is 5.82 Å². The molecular weight excluding hydrogens is 387 g/mol. The number of halogens is 2. The predicted octanol–water partition coefficient (Wildman–Crippen LogP) is 2.78. The van der Waals surface area contributed by atoms with E-state index in [1.54, 1.807) is 7.11 Å². The van der Waals surface area contributed by atoms with Crippen molar-refractivity contribution in [2.24, 2.45) is 5.73 Å². The van der Waals surface area contributed by atoms with E-state index < -0.39 is 0 Å². The zero-order valence-corrected chi connectivity index (χ0v) is 17.1. The van der Waals surface area contributed by atoms with E-state index in [1.165, 1.54) is 5.69 Å². The normalized spacial score (nSPS) is 22.5. The topological polar surface area (TPSA) is 93.0 Å². The Kier molecular flexibility index (Phi) is 7.85. The van der Waals surface area contributed by atoms with Gasteiger partial charge in [-0.3, -0.25) is 5.10 Å². The van der Waals surface area contributed by atoms with E-state index in [0.29, 0.717) is 24.5 Å². The lowest BCUT2D eigenvalue weighted by molar-refractivity contribution is 0.177. The molecule has 2 aromatic rings. The number of nitrogens with two attached hydrogens (primary N) is 1. The number of piperidine rings is 1. The zero-order chi connectivity index (χ0) is 17.2. The number of ether oxygens (including phenoxy) is 1. The van der Waals surface area contributed by atoms with E-state index in [4.69, 9.17) is 20.4 Å². The summed E-state index contributed by atoms with van der Waals surface area (Å²) in [5.74, 6) is 2.82. The predicted molar refractivity (Wildman–Crippen MR) is 110 cm³/mol. The third kappa shape index (κ3) is 4.90. The number of rotatable bonds is 5. The highest BCUT2D eigenvalue weighted by Crippen LogP contribution is 2.36. The summed E-state index contributed by atoms with van der Waals surface area (Å²) < 4.78 is 5.26. The summed E-state index contributed by atoms with van der Waals surface area (Å²) in [7, 11) is 1.69. The fourth-order valence-corrected chi connectivity index (χ4v) is 3.88. The van der Waals surface area contributed by atoms with Crippen molar-refractivity contribution in [3.8, 4) is 0 Å². The van der Waals surface area contributed by atoms with Gasteiger partial charge in [0.25, 0.3) is 0 Å². The molecule has 0 aromatic carbocycles. The summed E-state index contributed by atoms with van der Waals surface area (Å²) in [5, 5.41) is 7.18. The largest absolute Gasteiger partial charge is 0.377 e. The molecule has 0 bridgehead atoms. The van der Waals surface area contributed by atoms with Gasteiger partial charge in [-0.1, -0.05) is 0 Å². The van der Waals surface area contributed by atoms with Gasteiger partial charge in [-0.25, -0.2) is 9.97 Å². The van der Waals surface area contributed by atoms with Crippen LogP contribution in [0.2, 0.25) is 0 Å². The molecule has 0 radical (unpaired) electrons. The summed E-state index contributed by atoms with van der Waals surface area (Å²) in [4.78, 5) is 11.8. The molecule has 150 valence electrons. The Morgan fingerprint density at radius 1 is 1.19 bits per heavy atom. The van der Waals surface area contributed by atoms with Gasteiger partial charge in [-0.05, 0) is 31.7 Å². The summed E-state index contributed by atoms with van der Waals surface area (Å²) in [6.45, 7) is 2.44. The second kappa shape index (κ2) is 9.68. The highest BCUT2D eigenvalue weighted by Gasteiger charge is 2.30. The number of H-pyrrole nitrogens is 1. The maximum Gasteiger partial charge on any atom is 0.156 e. The van der Waals surface area contributed by atoms with Crippen molar-refractivity contribution in [1.29, 1.82) is 0 Å². The number of aromatic amines is 1. The van der Waals surface area contributed by atoms with E-state index in [2.05, 4.69) is 27.2 Å². The van der Waals surface area contributed by atoms with Gasteiger partial charge in [0.2, 0.25) is 0 Å². The van der Waals surface area contributed by atoms with Crippen LogP contribution in [0, 0.1) is 0 Å². The lowest BCUT2D eigenvalue weighted by Gasteiger charge is -2.35. The molecule has 1 saturated carbocycles. The van der Waals surface area contributed by atoms with Gasteiger partial charge in [0.15, 0.2) is 5.82 Å². The fourth-order valence-electron chi connectivity index (χ4n) is 3.88. The van der Waals surface area contributed by atoms with E-state index in [0.717, 1.165) is 56.1 Å². The van der Waals surface area contributed by atoms with Crippen molar-refractivity contribution in [3.05, 3.63) is 35.5 Å². The molecule has 9 heteroatoms. The lowest BCUT2D eigenvalue weighted by atomic mass is 9.78. The summed E-state index contributed by atoms with van der Waals surface area (Å²) in [5.41, 5.74) is 8.32. The Bertz CT molecular complexity index is 700. The molecule has 3 N–H and O–H groups in total. The van der Waals surface area contributed by atoms with Crippen LogP contribution in [-0.4, -0.2) is 46.4 Å². The van der Waals surface area contributed by atoms with Crippen LogP contribution in [-0.2, 0) is 11.3 Å². The van der Waals surface area contributed by atoms with Gasteiger partial charge in [0.05, 0.1) is 0 Å². The van der Waals surface area contributed by atoms with Crippen molar-refractivity contribution in [2.75, 3.05) is 25.1 Å². The number of nitrogens with one attached hydrogen (secondary N) is 1. The summed E-state index contributed by atoms with van der Waals surface area (Å²) in [6.07, 6.45) is 6.08. The standard InChI is InChI=1S/C18H26N6O.2ClH/c1-25-11-17-21-16(13-8-14(19)9-13)10-18(22-17)24-6-3-12(4-7-24)15-2-5-20-23-15;;/h2,5,10,12-14H,3-4,6-9,11,19H2,1H3,(H,20,23);2*1H. The highest BCUT2D eigenvalue weighted by atomic mass is 35.5. The molecule has 0 atom stereocenters. The average Bonchev–Trinajstić information content (AvgIpc) is 3.14. The minimum absolute atomic E-state index is 0. The first kappa shape index (κ1) is 21.9. The van der Waals surface area contributed by atoms with E-state index >= 15 is 0 Å². The number of hydrogen-bond acceptors (Lipinski definition) is 6. The van der Waals surface area contributed by atoms with E-state index in [-0.39, 0.29) is 24.8 Å². The van der Waals surface area contributed by atoms with Gasteiger partial charge < -0.3 is 15.4 Å². The first-order chi connectivity index (χ1) is 12.2. The van der Waals surface area contributed by atoms with Gasteiger partial charge in [-0.2, -0.15) is 5.10 Å². The minimum atomic E-state index is 0. The Hall–Kier alpha value is -1.41. The fraction of sp³-hybridized carbons (Fsp3) is 0.611. The second-order valence-electron chi connectivity index (χ2n) is 7.20. The first-order valence-corrected chi connectivity index (χ1v) is 9.09. The van der Waals surface area contributed by atoms with Crippen molar-refractivity contribution < 1.29 is 4.74 Å². The second-order valence-corrected chi connectivity index (χ2v) is 7.20. The van der Waals surface area contributed by atoms with E-state index in [9.17, 15) is 0 Å². The van der Waals surface area contributed by atoms with Crippen LogP contribution < -0.4 is 10.6 Å². The van der Waals surface area contributed by atoms with Crippen molar-refractivity contribution in [3.63, 3.8) is 0 Å². The maximum atomic E-state index is 5.96. The number of aromatic nitrogens is 4. The Morgan fingerprint density at radius 3 is 2.52 bits per heavy atom. The Balaban J connectivity index is 0.00000131. The molecular formula is C18H28Cl2N6O. The molecule has 0 spiro atoms. The molecule has 3 heterocycles. The third-order valence-corrected chi connectivity index (χ3v) is 5.43. The third-order valence-electron chi connectivity index (χ3n) is 5.43. The first-order valence-electron chi connectivity index (χ1n) is 9.09. The van der Waals surface area contributed by atoms with Crippen LogP contribution in [0.1, 0.15) is 54.7 Å². The number of anilines is 1. The lowest BCUT2D eigenvalue weighted by Crippen LogP contribution is -2.36. The van der Waals surface area contributed by atoms with Crippen LogP contribution in [0.15, 0.2) is 18.3 Å². The number of nitrogens with zero attached hydrogens (tertiary/aromatic N) is 4. The number of hydrogen-bond donors (Lipinski definition) is 2. The molecule has 2 aromatic heterocycles. The Labute approximate surface area is 172 Å². The van der Waals surface area contributed by atoms with Gasteiger partial charge in [-0.15, -0.1) is 24.8 Å². The molecule has 2 fully saturated rings. The van der Waals surface area contributed by atoms with Gasteiger partial charge in [0.1, 0.15) is 12.4 Å². The van der Waals surface area contributed by atoms with Crippen molar-refractivity contribution >= 4 is 30.6 Å². The smallest absolute Gasteiger partial charge is 0.156 e. The SMILES string of the molecule is COCc1nc(C2CC(N)C2)cc(N2CCC(c3ccn[nH]3)CC2)n1.Cl.Cl. The molecule has 27 heavy (non-hydrogen) atoms. The van der Waals surface area contributed by atoms with Crippen molar-refractivity contribution in [1.82, 2.24) is 20.2 Å². The molecule has 1 aliphatic carbocycles. The highest BCUT2D eigenvalue weighted by molar-refractivity contribution is 5.85. The monoisotopic (exact) mass is 414 g/mol. The molecule has 0 unspecified atom stereocenters.